The Morgan fingerprint density at radius 3 is 3.14 bits per heavy atom. The van der Waals surface area contributed by atoms with E-state index in [0.717, 1.165) is 42.2 Å². The Morgan fingerprint density at radius 2 is 2.33 bits per heavy atom. The van der Waals surface area contributed by atoms with Crippen LogP contribution in [0.2, 0.25) is 0 Å². The molecule has 0 amide bonds. The first-order valence-electron chi connectivity index (χ1n) is 7.28. The summed E-state index contributed by atoms with van der Waals surface area (Å²) in [4.78, 5) is 8.47. The molecule has 0 radical (unpaired) electrons. The quantitative estimate of drug-likeness (QED) is 0.881. The van der Waals surface area contributed by atoms with Crippen molar-refractivity contribution in [2.75, 3.05) is 18.4 Å². The fourth-order valence-electron chi connectivity index (χ4n) is 2.40. The first-order chi connectivity index (χ1) is 10.3. The highest BCUT2D eigenvalue weighted by molar-refractivity contribution is 5.48. The summed E-state index contributed by atoms with van der Waals surface area (Å²) in [5, 5.41) is 6.68. The Hall–Kier alpha value is -2.14. The number of nitrogens with one attached hydrogen (secondary N) is 2. The molecule has 5 nitrogen and oxygen atoms in total. The van der Waals surface area contributed by atoms with Crippen LogP contribution in [-0.2, 0) is 6.54 Å². The number of aryl methyl sites for hydroxylation is 1. The summed E-state index contributed by atoms with van der Waals surface area (Å²) in [7, 11) is 0. The van der Waals surface area contributed by atoms with E-state index in [1.54, 1.807) is 12.4 Å². The molecule has 21 heavy (non-hydrogen) atoms. The number of anilines is 1. The van der Waals surface area contributed by atoms with Gasteiger partial charge in [0.2, 0.25) is 0 Å². The molecule has 2 N–H and O–H groups in total. The SMILES string of the molecule is Cc1cnccc1NCc1cc(OC2CCNC2)ccn1. The van der Waals surface area contributed by atoms with Crippen LogP contribution in [0.15, 0.2) is 36.8 Å². The van der Waals surface area contributed by atoms with E-state index in [1.165, 1.54) is 0 Å². The molecule has 2 aromatic heterocycles. The van der Waals surface area contributed by atoms with Gasteiger partial charge in [-0.2, -0.15) is 0 Å². The Morgan fingerprint density at radius 1 is 1.38 bits per heavy atom. The maximum Gasteiger partial charge on any atom is 0.123 e. The zero-order chi connectivity index (χ0) is 14.5. The van der Waals surface area contributed by atoms with E-state index in [1.807, 2.05) is 31.3 Å². The van der Waals surface area contributed by atoms with Crippen molar-refractivity contribution in [3.8, 4) is 5.75 Å². The smallest absolute Gasteiger partial charge is 0.123 e. The van der Waals surface area contributed by atoms with Crippen molar-refractivity contribution in [2.24, 2.45) is 0 Å². The monoisotopic (exact) mass is 284 g/mol. The molecule has 1 saturated heterocycles. The molecular weight excluding hydrogens is 264 g/mol. The van der Waals surface area contributed by atoms with E-state index in [4.69, 9.17) is 4.74 Å². The largest absolute Gasteiger partial charge is 0.489 e. The maximum absolute atomic E-state index is 5.95. The van der Waals surface area contributed by atoms with Crippen molar-refractivity contribution >= 4 is 5.69 Å². The zero-order valence-electron chi connectivity index (χ0n) is 12.2. The van der Waals surface area contributed by atoms with Gasteiger partial charge in [0, 0.05) is 36.9 Å². The predicted octanol–water partition coefficient (Wildman–Crippen LogP) is 2.14. The number of rotatable bonds is 5. The molecule has 0 spiro atoms. The summed E-state index contributed by atoms with van der Waals surface area (Å²) in [6.45, 7) is 4.66. The molecule has 1 aliphatic rings. The van der Waals surface area contributed by atoms with Gasteiger partial charge in [-0.05, 0) is 37.6 Å². The Kier molecular flexibility index (Phi) is 4.31. The molecule has 1 fully saturated rings. The van der Waals surface area contributed by atoms with Crippen LogP contribution >= 0.6 is 0 Å². The van der Waals surface area contributed by atoms with Crippen LogP contribution in [0.5, 0.6) is 5.75 Å². The van der Waals surface area contributed by atoms with Crippen molar-refractivity contribution in [3.63, 3.8) is 0 Å². The Bertz CT molecular complexity index is 596. The molecule has 1 unspecified atom stereocenters. The summed E-state index contributed by atoms with van der Waals surface area (Å²) in [5.74, 6) is 0.891. The van der Waals surface area contributed by atoms with E-state index in [9.17, 15) is 0 Å². The normalized spacial score (nSPS) is 17.7. The molecule has 1 atom stereocenters. The first-order valence-corrected chi connectivity index (χ1v) is 7.28. The minimum Gasteiger partial charge on any atom is -0.489 e. The average Bonchev–Trinajstić information content (AvgIpc) is 3.00. The standard InChI is InChI=1S/C16H20N4O/c1-12-9-17-6-4-16(12)20-10-13-8-14(3-7-19-13)21-15-2-5-18-11-15/h3-4,6-9,15,18H,2,5,10-11H2,1H3,(H,17,20). The lowest BCUT2D eigenvalue weighted by molar-refractivity contribution is 0.222. The van der Waals surface area contributed by atoms with Crippen LogP contribution in [0, 0.1) is 6.92 Å². The van der Waals surface area contributed by atoms with Gasteiger partial charge in [-0.3, -0.25) is 9.97 Å². The van der Waals surface area contributed by atoms with Crippen molar-refractivity contribution in [3.05, 3.63) is 48.0 Å². The van der Waals surface area contributed by atoms with Crippen LogP contribution < -0.4 is 15.4 Å². The molecule has 3 rings (SSSR count). The summed E-state index contributed by atoms with van der Waals surface area (Å²) in [5.41, 5.74) is 3.18. The van der Waals surface area contributed by atoms with Gasteiger partial charge in [-0.1, -0.05) is 0 Å². The second kappa shape index (κ2) is 6.54. The van der Waals surface area contributed by atoms with E-state index in [0.29, 0.717) is 6.54 Å². The molecule has 2 aromatic rings. The van der Waals surface area contributed by atoms with Crippen LogP contribution in [0.25, 0.3) is 0 Å². The summed E-state index contributed by atoms with van der Waals surface area (Å²) in [6, 6.07) is 5.89. The Labute approximate surface area is 124 Å². The van der Waals surface area contributed by atoms with Crippen LogP contribution in [0.4, 0.5) is 5.69 Å². The second-order valence-electron chi connectivity index (χ2n) is 5.26. The number of hydrogen-bond acceptors (Lipinski definition) is 5. The highest BCUT2D eigenvalue weighted by atomic mass is 16.5. The number of nitrogens with zero attached hydrogens (tertiary/aromatic N) is 2. The van der Waals surface area contributed by atoms with E-state index >= 15 is 0 Å². The Balaban J connectivity index is 1.61. The molecule has 110 valence electrons. The van der Waals surface area contributed by atoms with Gasteiger partial charge in [0.05, 0.1) is 12.2 Å². The van der Waals surface area contributed by atoms with Crippen LogP contribution in [0.3, 0.4) is 0 Å². The van der Waals surface area contributed by atoms with Crippen molar-refractivity contribution in [2.45, 2.75) is 26.0 Å². The molecule has 5 heteroatoms. The molecule has 0 saturated carbocycles. The van der Waals surface area contributed by atoms with Gasteiger partial charge >= 0.3 is 0 Å². The third-order valence-corrected chi connectivity index (χ3v) is 3.59. The molecule has 0 aromatic carbocycles. The van der Waals surface area contributed by atoms with Gasteiger partial charge in [0.25, 0.3) is 0 Å². The van der Waals surface area contributed by atoms with Gasteiger partial charge in [0.1, 0.15) is 11.9 Å². The molecule has 0 aliphatic carbocycles. The summed E-state index contributed by atoms with van der Waals surface area (Å²) >= 11 is 0. The topological polar surface area (TPSA) is 59.1 Å². The lowest BCUT2D eigenvalue weighted by Gasteiger charge is -2.13. The van der Waals surface area contributed by atoms with Gasteiger partial charge in [-0.15, -0.1) is 0 Å². The maximum atomic E-state index is 5.95. The zero-order valence-corrected chi connectivity index (χ0v) is 12.2. The molecule has 1 aliphatic heterocycles. The van der Waals surface area contributed by atoms with Crippen LogP contribution in [0.1, 0.15) is 17.7 Å². The van der Waals surface area contributed by atoms with E-state index in [2.05, 4.69) is 20.6 Å². The van der Waals surface area contributed by atoms with Crippen molar-refractivity contribution in [1.29, 1.82) is 0 Å². The number of hydrogen-bond donors (Lipinski definition) is 2. The van der Waals surface area contributed by atoms with E-state index in [-0.39, 0.29) is 6.10 Å². The summed E-state index contributed by atoms with van der Waals surface area (Å²) < 4.78 is 5.95. The molecular formula is C16H20N4O. The van der Waals surface area contributed by atoms with Gasteiger partial charge < -0.3 is 15.4 Å². The highest BCUT2D eigenvalue weighted by Gasteiger charge is 2.15. The average molecular weight is 284 g/mol. The second-order valence-corrected chi connectivity index (χ2v) is 5.26. The molecule has 3 heterocycles. The van der Waals surface area contributed by atoms with Crippen LogP contribution in [-0.4, -0.2) is 29.2 Å². The third-order valence-electron chi connectivity index (χ3n) is 3.59. The number of aromatic nitrogens is 2. The fraction of sp³-hybridized carbons (Fsp3) is 0.375. The van der Waals surface area contributed by atoms with Gasteiger partial charge in [0.15, 0.2) is 0 Å². The lowest BCUT2D eigenvalue weighted by Crippen LogP contribution is -2.19. The first kappa shape index (κ1) is 13.8. The lowest BCUT2D eigenvalue weighted by atomic mass is 10.2. The third kappa shape index (κ3) is 3.70. The minimum absolute atomic E-state index is 0.274. The van der Waals surface area contributed by atoms with Crippen molar-refractivity contribution < 1.29 is 4.74 Å². The number of pyridine rings is 2. The predicted molar refractivity (Wildman–Crippen MR) is 82.4 cm³/mol. The molecule has 0 bridgehead atoms. The summed E-state index contributed by atoms with van der Waals surface area (Å²) in [6.07, 6.45) is 6.77. The van der Waals surface area contributed by atoms with Crippen molar-refractivity contribution in [1.82, 2.24) is 15.3 Å². The van der Waals surface area contributed by atoms with E-state index < -0.39 is 0 Å². The number of ether oxygens (including phenoxy) is 1. The fourth-order valence-corrected chi connectivity index (χ4v) is 2.40. The highest BCUT2D eigenvalue weighted by Crippen LogP contribution is 2.17. The minimum atomic E-state index is 0.274. The van der Waals surface area contributed by atoms with Gasteiger partial charge in [-0.25, -0.2) is 0 Å².